The Kier molecular flexibility index (Phi) is 13.7. The zero-order chi connectivity index (χ0) is 20.0. The largest absolute Gasteiger partial charge is 0.491 e. The molecule has 1 aromatic carbocycles. The van der Waals surface area contributed by atoms with Crippen molar-refractivity contribution in [2.45, 2.75) is 32.9 Å². The fraction of sp³-hybridized carbons (Fsp3) is 0.476. The topological polar surface area (TPSA) is 64.1 Å². The molecule has 0 spiro atoms. The Bertz CT molecular complexity index is 679. The summed E-state index contributed by atoms with van der Waals surface area (Å²) in [5, 5.41) is 10.9. The number of aliphatic imine (C=N–C) groups is 1. The van der Waals surface area contributed by atoms with E-state index >= 15 is 0 Å². The first kappa shape index (κ1) is 25.7. The number of nitrogens with one attached hydrogen (secondary N) is 2. The number of hydrogen-bond donors (Lipinski definition) is 2. The molecular formula is C21H32IN3O3S. The average molecular weight is 533 g/mol. The van der Waals surface area contributed by atoms with Gasteiger partial charge in [0.1, 0.15) is 5.75 Å². The number of rotatable bonds is 12. The van der Waals surface area contributed by atoms with E-state index in [4.69, 9.17) is 14.2 Å². The maximum absolute atomic E-state index is 5.70. The Morgan fingerprint density at radius 3 is 2.55 bits per heavy atom. The van der Waals surface area contributed by atoms with Crippen LogP contribution < -0.4 is 15.4 Å². The number of nitrogens with zero attached hydrogens (tertiary/aromatic N) is 1. The maximum atomic E-state index is 5.70. The highest BCUT2D eigenvalue weighted by Gasteiger charge is 2.03. The molecule has 0 unspecified atom stereocenters. The van der Waals surface area contributed by atoms with Gasteiger partial charge < -0.3 is 24.8 Å². The predicted molar refractivity (Wildman–Crippen MR) is 132 cm³/mol. The van der Waals surface area contributed by atoms with Gasteiger partial charge in [0.25, 0.3) is 0 Å². The summed E-state index contributed by atoms with van der Waals surface area (Å²) in [7, 11) is 1.67. The van der Waals surface area contributed by atoms with Crippen LogP contribution in [0, 0.1) is 0 Å². The van der Waals surface area contributed by atoms with E-state index in [1.165, 1.54) is 5.56 Å². The van der Waals surface area contributed by atoms with Gasteiger partial charge in [-0.2, -0.15) is 11.3 Å². The minimum atomic E-state index is 0. The summed E-state index contributed by atoms with van der Waals surface area (Å²) in [6, 6.07) is 10.00. The third kappa shape index (κ3) is 11.4. The van der Waals surface area contributed by atoms with Crippen LogP contribution in [0.2, 0.25) is 0 Å². The van der Waals surface area contributed by atoms with Gasteiger partial charge >= 0.3 is 0 Å². The van der Waals surface area contributed by atoms with E-state index in [2.05, 4.69) is 32.5 Å². The van der Waals surface area contributed by atoms with Gasteiger partial charge in [0.2, 0.25) is 0 Å². The lowest BCUT2D eigenvalue weighted by Crippen LogP contribution is -2.32. The van der Waals surface area contributed by atoms with E-state index in [0.29, 0.717) is 26.4 Å². The van der Waals surface area contributed by atoms with Crippen molar-refractivity contribution in [3.05, 3.63) is 46.7 Å². The molecule has 0 aliphatic heterocycles. The number of ether oxygens (including phenoxy) is 3. The number of halogens is 1. The first-order valence-corrected chi connectivity index (χ1v) is 10.5. The second kappa shape index (κ2) is 15.5. The molecule has 1 aromatic heterocycles. The number of thiophene rings is 1. The Morgan fingerprint density at radius 2 is 1.90 bits per heavy atom. The highest BCUT2D eigenvalue weighted by molar-refractivity contribution is 14.0. The number of hydrogen-bond acceptors (Lipinski definition) is 5. The first-order chi connectivity index (χ1) is 13.7. The second-order valence-corrected chi connectivity index (χ2v) is 7.28. The zero-order valence-electron chi connectivity index (χ0n) is 17.3. The molecule has 29 heavy (non-hydrogen) atoms. The monoisotopic (exact) mass is 533 g/mol. The van der Waals surface area contributed by atoms with E-state index in [0.717, 1.165) is 30.4 Å². The third-order valence-electron chi connectivity index (χ3n) is 3.68. The summed E-state index contributed by atoms with van der Waals surface area (Å²) in [6.45, 7) is 7.39. The van der Waals surface area contributed by atoms with Gasteiger partial charge in [-0.3, -0.25) is 0 Å². The van der Waals surface area contributed by atoms with Crippen LogP contribution in [0.3, 0.4) is 0 Å². The van der Waals surface area contributed by atoms with Crippen LogP contribution in [-0.4, -0.2) is 45.5 Å². The zero-order valence-corrected chi connectivity index (χ0v) is 20.5. The summed E-state index contributed by atoms with van der Waals surface area (Å²) in [5.41, 5.74) is 2.17. The molecule has 8 heteroatoms. The molecule has 6 nitrogen and oxygen atoms in total. The highest BCUT2D eigenvalue weighted by Crippen LogP contribution is 2.17. The van der Waals surface area contributed by atoms with Crippen LogP contribution in [0.1, 0.15) is 25.8 Å². The van der Waals surface area contributed by atoms with Gasteiger partial charge in [0, 0.05) is 25.9 Å². The van der Waals surface area contributed by atoms with Gasteiger partial charge in [-0.05, 0) is 66.9 Å². The van der Waals surface area contributed by atoms with Crippen molar-refractivity contribution in [3.8, 4) is 5.75 Å². The van der Waals surface area contributed by atoms with Crippen molar-refractivity contribution in [2.24, 2.45) is 4.99 Å². The molecule has 162 valence electrons. The van der Waals surface area contributed by atoms with Crippen molar-refractivity contribution in [1.82, 2.24) is 5.32 Å². The Morgan fingerprint density at radius 1 is 1.10 bits per heavy atom. The lowest BCUT2D eigenvalue weighted by molar-refractivity contribution is 0.0699. The molecule has 2 N–H and O–H groups in total. The molecular weight excluding hydrogens is 501 g/mol. The lowest BCUT2D eigenvalue weighted by atomic mass is 10.3. The van der Waals surface area contributed by atoms with E-state index < -0.39 is 0 Å². The van der Waals surface area contributed by atoms with Crippen LogP contribution >= 0.6 is 35.3 Å². The average Bonchev–Trinajstić information content (AvgIpc) is 3.20. The number of benzene rings is 1. The van der Waals surface area contributed by atoms with Crippen LogP contribution in [0.4, 0.5) is 5.69 Å². The molecule has 1 heterocycles. The Labute approximate surface area is 195 Å². The lowest BCUT2D eigenvalue weighted by Gasteiger charge is -2.14. The smallest absolute Gasteiger partial charge is 0.196 e. The number of methoxy groups -OCH3 is 1. The van der Waals surface area contributed by atoms with E-state index in [-0.39, 0.29) is 30.1 Å². The van der Waals surface area contributed by atoms with Gasteiger partial charge in [-0.1, -0.05) is 0 Å². The molecule has 2 rings (SSSR count). The summed E-state index contributed by atoms with van der Waals surface area (Å²) in [6.07, 6.45) is 1.05. The van der Waals surface area contributed by atoms with E-state index in [1.54, 1.807) is 18.4 Å². The van der Waals surface area contributed by atoms with Gasteiger partial charge in [-0.25, -0.2) is 4.99 Å². The van der Waals surface area contributed by atoms with Crippen LogP contribution in [-0.2, 0) is 16.0 Å². The minimum absolute atomic E-state index is 0. The molecule has 0 aliphatic rings. The molecule has 0 amide bonds. The summed E-state index contributed by atoms with van der Waals surface area (Å²) < 4.78 is 16.2. The van der Waals surface area contributed by atoms with Gasteiger partial charge in [-0.15, -0.1) is 24.0 Å². The minimum Gasteiger partial charge on any atom is -0.491 e. The molecule has 0 bridgehead atoms. The second-order valence-electron chi connectivity index (χ2n) is 6.50. The van der Waals surface area contributed by atoms with Crippen molar-refractivity contribution < 1.29 is 14.2 Å². The number of guanidine groups is 1. The first-order valence-electron chi connectivity index (χ1n) is 9.57. The molecule has 0 fully saturated rings. The van der Waals surface area contributed by atoms with Crippen molar-refractivity contribution in [1.29, 1.82) is 0 Å². The van der Waals surface area contributed by atoms with Crippen LogP contribution in [0.15, 0.2) is 46.1 Å². The summed E-state index contributed by atoms with van der Waals surface area (Å²) in [4.78, 5) is 4.69. The maximum Gasteiger partial charge on any atom is 0.196 e. The predicted octanol–water partition coefficient (Wildman–Crippen LogP) is 4.76. The van der Waals surface area contributed by atoms with Crippen molar-refractivity contribution in [2.75, 3.05) is 38.8 Å². The third-order valence-corrected chi connectivity index (χ3v) is 4.41. The fourth-order valence-corrected chi connectivity index (χ4v) is 3.00. The molecule has 0 atom stereocenters. The molecule has 0 radical (unpaired) electrons. The van der Waals surface area contributed by atoms with E-state index in [1.807, 2.05) is 38.1 Å². The van der Waals surface area contributed by atoms with Gasteiger partial charge in [0.15, 0.2) is 5.96 Å². The SMILES string of the molecule is COCCOCCCNC(=NCc1ccsc1)Nc1ccc(OC(C)C)cc1.I. The summed E-state index contributed by atoms with van der Waals surface area (Å²) >= 11 is 1.68. The molecule has 0 aliphatic carbocycles. The molecule has 0 saturated carbocycles. The number of anilines is 1. The Balaban J connectivity index is 0.00000420. The highest BCUT2D eigenvalue weighted by atomic mass is 127. The van der Waals surface area contributed by atoms with Gasteiger partial charge in [0.05, 0.1) is 25.9 Å². The standard InChI is InChI=1S/C21H31N3O3S.HI/c1-17(2)27-20-7-5-19(6-8-20)24-21(23-15-18-9-14-28-16-18)22-10-4-11-26-13-12-25-3;/h5-9,14,16-17H,4,10-13,15H2,1-3H3,(H2,22,23,24);1H. The van der Waals surface area contributed by atoms with Crippen molar-refractivity contribution >= 4 is 47.0 Å². The Hall–Kier alpha value is -1.36. The summed E-state index contributed by atoms with van der Waals surface area (Å²) in [5.74, 6) is 1.61. The van der Waals surface area contributed by atoms with E-state index in [9.17, 15) is 0 Å². The molecule has 0 saturated heterocycles. The normalized spacial score (nSPS) is 11.2. The van der Waals surface area contributed by atoms with Crippen molar-refractivity contribution in [3.63, 3.8) is 0 Å². The van der Waals surface area contributed by atoms with Crippen LogP contribution in [0.5, 0.6) is 5.75 Å². The van der Waals surface area contributed by atoms with Crippen LogP contribution in [0.25, 0.3) is 0 Å². The molecule has 2 aromatic rings. The fourth-order valence-electron chi connectivity index (χ4n) is 2.34. The quantitative estimate of drug-likeness (QED) is 0.178.